The third kappa shape index (κ3) is 5.72. The number of ether oxygens (including phenoxy) is 1. The molecule has 1 saturated heterocycles. The maximum absolute atomic E-state index is 14.2. The zero-order valence-corrected chi connectivity index (χ0v) is 24.1. The first-order valence-corrected chi connectivity index (χ1v) is 15.2. The summed E-state index contributed by atoms with van der Waals surface area (Å²) in [6.45, 7) is 2.70. The van der Waals surface area contributed by atoms with Gasteiger partial charge in [0.25, 0.3) is 5.91 Å². The molecule has 1 aliphatic heterocycles. The van der Waals surface area contributed by atoms with Gasteiger partial charge in [-0.05, 0) is 71.5 Å². The fourth-order valence-corrected chi connectivity index (χ4v) is 7.11. The number of thioether (sulfide) groups is 1. The molecule has 6 rings (SSSR count). The van der Waals surface area contributed by atoms with E-state index in [1.54, 1.807) is 11.8 Å². The van der Waals surface area contributed by atoms with E-state index in [4.69, 9.17) is 16.3 Å². The second-order valence-corrected chi connectivity index (χ2v) is 12.2. The van der Waals surface area contributed by atoms with Gasteiger partial charge in [0.2, 0.25) is 0 Å². The number of nitrogens with one attached hydrogen (secondary N) is 1. The summed E-state index contributed by atoms with van der Waals surface area (Å²) in [5.41, 5.74) is 2.81. The van der Waals surface area contributed by atoms with Crippen LogP contribution in [0.1, 0.15) is 43.7 Å². The first kappa shape index (κ1) is 26.8. The summed E-state index contributed by atoms with van der Waals surface area (Å²) in [6.07, 6.45) is 6.63. The van der Waals surface area contributed by atoms with Gasteiger partial charge in [0.05, 0.1) is 4.91 Å². The molecule has 4 aromatic rings. The molecule has 1 amide bonds. The lowest BCUT2D eigenvalue weighted by atomic mass is 9.85. The van der Waals surface area contributed by atoms with Crippen molar-refractivity contribution in [3.63, 3.8) is 0 Å². The van der Waals surface area contributed by atoms with Crippen LogP contribution in [-0.2, 0) is 11.4 Å². The van der Waals surface area contributed by atoms with Crippen LogP contribution in [-0.4, -0.2) is 22.3 Å². The summed E-state index contributed by atoms with van der Waals surface area (Å²) in [4.78, 5) is 17.0. The number of para-hydroxylation sites is 1. The lowest BCUT2D eigenvalue weighted by molar-refractivity contribution is -0.129. The molecule has 0 spiro atoms. The summed E-state index contributed by atoms with van der Waals surface area (Å²) >= 11 is 7.68. The van der Waals surface area contributed by atoms with E-state index >= 15 is 0 Å². The summed E-state index contributed by atoms with van der Waals surface area (Å²) < 4.78 is 6.36. The molecule has 4 aromatic carbocycles. The largest absolute Gasteiger partial charge is 0.488 e. The Balaban J connectivity index is 1.37. The van der Waals surface area contributed by atoms with E-state index < -0.39 is 0 Å². The predicted molar refractivity (Wildman–Crippen MR) is 167 cm³/mol. The molecular weight excluding hydrogens is 536 g/mol. The van der Waals surface area contributed by atoms with E-state index in [0.29, 0.717) is 17.5 Å². The molecule has 4 nitrogen and oxygen atoms in total. The van der Waals surface area contributed by atoms with Gasteiger partial charge >= 0.3 is 0 Å². The minimum absolute atomic E-state index is 0.0915. The molecule has 0 aromatic heterocycles. The van der Waals surface area contributed by atoms with Crippen molar-refractivity contribution in [3.8, 4) is 5.75 Å². The van der Waals surface area contributed by atoms with E-state index in [9.17, 15) is 4.79 Å². The highest BCUT2D eigenvalue weighted by atomic mass is 35.5. The molecule has 1 N–H and O–H groups in total. The van der Waals surface area contributed by atoms with Crippen LogP contribution in [0.5, 0.6) is 5.75 Å². The smallest absolute Gasteiger partial charge is 0.262 e. The highest BCUT2D eigenvalue weighted by molar-refractivity contribution is 8.05. The van der Waals surface area contributed by atoms with E-state index in [-0.39, 0.29) is 17.4 Å². The number of fused-ring (bicyclic) bond motifs is 1. The normalized spacial score (nSPS) is 22.1. The van der Waals surface area contributed by atoms with Gasteiger partial charge in [-0.3, -0.25) is 4.79 Å². The topological polar surface area (TPSA) is 41.6 Å². The number of carbonyl (C=O) groups excluding carboxylic acids is 1. The van der Waals surface area contributed by atoms with Crippen LogP contribution in [0.3, 0.4) is 0 Å². The highest BCUT2D eigenvalue weighted by Crippen LogP contribution is 2.43. The molecule has 204 valence electrons. The zero-order chi connectivity index (χ0) is 27.5. The Morgan fingerprint density at radius 3 is 2.50 bits per heavy atom. The molecule has 1 heterocycles. The fraction of sp³-hybridized carbons (Fsp3) is 0.265. The van der Waals surface area contributed by atoms with Crippen LogP contribution >= 0.6 is 23.4 Å². The maximum Gasteiger partial charge on any atom is 0.262 e. The number of nitrogens with zero attached hydrogens (tertiary/aromatic N) is 1. The molecule has 1 aliphatic carbocycles. The van der Waals surface area contributed by atoms with Crippen molar-refractivity contribution in [2.24, 2.45) is 5.92 Å². The van der Waals surface area contributed by atoms with Gasteiger partial charge in [0.1, 0.15) is 12.4 Å². The number of carbonyl (C=O) groups is 1. The van der Waals surface area contributed by atoms with Crippen molar-refractivity contribution in [3.05, 3.63) is 112 Å². The molecule has 2 fully saturated rings. The molecule has 40 heavy (non-hydrogen) atoms. The predicted octanol–water partition coefficient (Wildman–Crippen LogP) is 8.96. The Labute approximate surface area is 245 Å². The molecule has 3 atom stereocenters. The van der Waals surface area contributed by atoms with Crippen molar-refractivity contribution in [1.29, 1.82) is 0 Å². The molecule has 0 bridgehead atoms. The van der Waals surface area contributed by atoms with Crippen LogP contribution in [0, 0.1) is 5.92 Å². The number of halogens is 1. The number of hydrogen-bond donors (Lipinski definition) is 1. The van der Waals surface area contributed by atoms with Crippen LogP contribution < -0.4 is 10.1 Å². The van der Waals surface area contributed by atoms with Crippen LogP contribution in [0.25, 0.3) is 16.8 Å². The van der Waals surface area contributed by atoms with Gasteiger partial charge < -0.3 is 15.0 Å². The molecule has 1 unspecified atom stereocenters. The van der Waals surface area contributed by atoms with Gasteiger partial charge in [-0.15, -0.1) is 0 Å². The number of benzene rings is 4. The number of rotatable bonds is 7. The highest BCUT2D eigenvalue weighted by Gasteiger charge is 2.43. The van der Waals surface area contributed by atoms with Crippen molar-refractivity contribution in [2.45, 2.75) is 50.8 Å². The van der Waals surface area contributed by atoms with E-state index in [0.717, 1.165) is 57.5 Å². The van der Waals surface area contributed by atoms with Crippen molar-refractivity contribution in [1.82, 2.24) is 4.90 Å². The third-order valence-electron chi connectivity index (χ3n) is 7.94. The third-order valence-corrected chi connectivity index (χ3v) is 9.30. The second kappa shape index (κ2) is 12.0. The summed E-state index contributed by atoms with van der Waals surface area (Å²) in [5, 5.41) is 6.52. The first-order chi connectivity index (χ1) is 19.6. The number of hydrogen-bond acceptors (Lipinski definition) is 4. The molecule has 2 aliphatic rings. The number of anilines is 1. The Morgan fingerprint density at radius 2 is 1.70 bits per heavy atom. The van der Waals surface area contributed by atoms with Gasteiger partial charge in [-0.2, -0.15) is 0 Å². The van der Waals surface area contributed by atoms with E-state index in [2.05, 4.69) is 47.5 Å². The SMILES string of the molecule is C[C@@H]1CCCC[C@H]1N1C(=O)/C(=C/c2c(OCc3ccc(Cl)cc3)ccc3ccccc23)SC1Nc1ccccc1. The monoisotopic (exact) mass is 568 g/mol. The minimum atomic E-state index is -0.167. The van der Waals surface area contributed by atoms with Crippen LogP contribution in [0.2, 0.25) is 5.02 Å². The zero-order valence-electron chi connectivity index (χ0n) is 22.6. The Bertz CT molecular complexity index is 1520. The lowest BCUT2D eigenvalue weighted by Crippen LogP contribution is -2.48. The van der Waals surface area contributed by atoms with Gasteiger partial charge in [-0.25, -0.2) is 0 Å². The van der Waals surface area contributed by atoms with Gasteiger partial charge in [-0.1, -0.05) is 104 Å². The molecule has 0 radical (unpaired) electrons. The average molecular weight is 569 g/mol. The Morgan fingerprint density at radius 1 is 0.950 bits per heavy atom. The lowest BCUT2D eigenvalue weighted by Gasteiger charge is -2.39. The second-order valence-electron chi connectivity index (χ2n) is 10.6. The summed E-state index contributed by atoms with van der Waals surface area (Å²) in [6, 6.07) is 30.4. The van der Waals surface area contributed by atoms with Crippen molar-refractivity contribution in [2.75, 3.05) is 5.32 Å². The Kier molecular flexibility index (Phi) is 8.03. The number of amides is 1. The standard InChI is InChI=1S/C34H33ClN2O2S/c1-23-9-5-8-14-30(23)37-33(38)32(40-34(37)36-27-11-3-2-4-12-27)21-29-28-13-7-6-10-25(28)17-20-31(29)39-22-24-15-18-26(35)19-16-24/h2-4,6-7,10-13,15-21,23,30,34,36H,5,8-9,14,22H2,1H3/b32-21-/t23-,30-,34?/m1/s1. The van der Waals surface area contributed by atoms with Crippen molar-refractivity contribution < 1.29 is 9.53 Å². The van der Waals surface area contributed by atoms with Gasteiger partial charge in [0.15, 0.2) is 5.50 Å². The van der Waals surface area contributed by atoms with E-state index in [1.807, 2.05) is 66.7 Å². The average Bonchev–Trinajstić information content (AvgIpc) is 3.28. The van der Waals surface area contributed by atoms with Crippen LogP contribution in [0.15, 0.2) is 95.9 Å². The summed E-state index contributed by atoms with van der Waals surface area (Å²) in [5.74, 6) is 1.31. The van der Waals surface area contributed by atoms with Crippen molar-refractivity contribution >= 4 is 51.8 Å². The first-order valence-electron chi connectivity index (χ1n) is 14.0. The minimum Gasteiger partial charge on any atom is -0.488 e. The Hall–Kier alpha value is -3.41. The molecule has 1 saturated carbocycles. The molecule has 6 heteroatoms. The maximum atomic E-state index is 14.2. The van der Waals surface area contributed by atoms with E-state index in [1.165, 1.54) is 6.42 Å². The van der Waals surface area contributed by atoms with Crippen LogP contribution in [0.4, 0.5) is 5.69 Å². The molecular formula is C34H33ClN2O2S. The summed E-state index contributed by atoms with van der Waals surface area (Å²) in [7, 11) is 0. The fourth-order valence-electron chi connectivity index (χ4n) is 5.79. The van der Waals surface area contributed by atoms with Gasteiger partial charge in [0, 0.05) is 22.3 Å². The quantitative estimate of drug-likeness (QED) is 0.226.